The van der Waals surface area contributed by atoms with Crippen LogP contribution in [0.5, 0.6) is 5.75 Å². The number of ether oxygens (including phenoxy) is 1. The molecule has 1 aliphatic rings. The molecule has 2 aromatic rings. The van der Waals surface area contributed by atoms with Gasteiger partial charge in [-0.05, 0) is 60.6 Å². The number of fused-ring (bicyclic) bond motifs is 1. The Labute approximate surface area is 139 Å². The summed E-state index contributed by atoms with van der Waals surface area (Å²) < 4.78 is 28.5. The lowest BCUT2D eigenvalue weighted by Gasteiger charge is -2.19. The van der Waals surface area contributed by atoms with E-state index in [9.17, 15) is 13.6 Å². The summed E-state index contributed by atoms with van der Waals surface area (Å²) in [6, 6.07) is 12.2. The fourth-order valence-electron chi connectivity index (χ4n) is 3.07. The van der Waals surface area contributed by atoms with Crippen LogP contribution in [0.1, 0.15) is 29.5 Å². The van der Waals surface area contributed by atoms with Gasteiger partial charge in [0.05, 0.1) is 6.42 Å². The lowest BCUT2D eigenvalue weighted by Crippen LogP contribution is -2.17. The first-order valence-electron chi connectivity index (χ1n) is 8.06. The number of halogens is 2. The van der Waals surface area contributed by atoms with Crippen molar-refractivity contribution in [2.75, 3.05) is 5.32 Å². The minimum Gasteiger partial charge on any atom is -0.435 e. The number of nitrogens with one attached hydrogen (secondary N) is 1. The first kappa shape index (κ1) is 16.4. The molecular weight excluding hydrogens is 312 g/mol. The van der Waals surface area contributed by atoms with E-state index < -0.39 is 6.61 Å². The molecule has 0 fully saturated rings. The number of aryl methyl sites for hydroxylation is 1. The summed E-state index contributed by atoms with van der Waals surface area (Å²) in [7, 11) is 0. The van der Waals surface area contributed by atoms with Gasteiger partial charge in [0, 0.05) is 5.69 Å². The average Bonchev–Trinajstić information content (AvgIpc) is 2.56. The fraction of sp³-hybridized carbons (Fsp3) is 0.316. The maximum atomic E-state index is 12.3. The van der Waals surface area contributed by atoms with Gasteiger partial charge in [0.15, 0.2) is 0 Å². The molecule has 0 aromatic heterocycles. The van der Waals surface area contributed by atoms with Crippen LogP contribution in [0.4, 0.5) is 14.5 Å². The third-order valence-electron chi connectivity index (χ3n) is 4.18. The first-order valence-corrected chi connectivity index (χ1v) is 8.06. The summed E-state index contributed by atoms with van der Waals surface area (Å²) in [5.74, 6) is -0.0252. The van der Waals surface area contributed by atoms with Gasteiger partial charge >= 0.3 is 6.61 Å². The number of carbonyl (C=O) groups is 1. The Morgan fingerprint density at radius 1 is 1.08 bits per heavy atom. The number of alkyl halides is 2. The molecule has 0 saturated carbocycles. The van der Waals surface area contributed by atoms with Crippen LogP contribution in [0.25, 0.3) is 0 Å². The topological polar surface area (TPSA) is 38.3 Å². The van der Waals surface area contributed by atoms with Crippen LogP contribution in [0.15, 0.2) is 42.5 Å². The quantitative estimate of drug-likeness (QED) is 0.885. The largest absolute Gasteiger partial charge is 0.435 e. The Morgan fingerprint density at radius 2 is 1.83 bits per heavy atom. The second-order valence-corrected chi connectivity index (χ2v) is 5.90. The molecule has 2 aromatic carbocycles. The number of hydrogen-bond acceptors (Lipinski definition) is 2. The van der Waals surface area contributed by atoms with Crippen molar-refractivity contribution in [3.8, 4) is 5.75 Å². The Balaban J connectivity index is 1.64. The molecule has 1 N–H and O–H groups in total. The molecule has 3 rings (SSSR count). The molecule has 0 heterocycles. The summed E-state index contributed by atoms with van der Waals surface area (Å²) in [4.78, 5) is 12.3. The fourth-order valence-corrected chi connectivity index (χ4v) is 3.07. The standard InChI is InChI=1S/C19H19F2NO2/c20-19(21)24-15-10-8-13(9-11-15)12-18(23)22-17-7-3-5-14-4-1-2-6-16(14)17/h3,5,7-11,19H,1-2,4,6,12H2,(H,22,23). The number of hydrogen-bond donors (Lipinski definition) is 1. The van der Waals surface area contributed by atoms with Gasteiger partial charge in [0.1, 0.15) is 5.75 Å². The van der Waals surface area contributed by atoms with Crippen molar-refractivity contribution < 1.29 is 18.3 Å². The van der Waals surface area contributed by atoms with E-state index in [0.29, 0.717) is 0 Å². The van der Waals surface area contributed by atoms with E-state index in [1.165, 1.54) is 29.7 Å². The van der Waals surface area contributed by atoms with Crippen LogP contribution in [0, 0.1) is 0 Å². The van der Waals surface area contributed by atoms with E-state index in [0.717, 1.165) is 30.5 Å². The summed E-state index contributed by atoms with van der Waals surface area (Å²) >= 11 is 0. The number of benzene rings is 2. The highest BCUT2D eigenvalue weighted by atomic mass is 19.3. The van der Waals surface area contributed by atoms with Crippen molar-refractivity contribution in [3.05, 3.63) is 59.2 Å². The second kappa shape index (κ2) is 7.43. The van der Waals surface area contributed by atoms with Crippen LogP contribution in [0.3, 0.4) is 0 Å². The highest BCUT2D eigenvalue weighted by molar-refractivity contribution is 5.93. The Hall–Kier alpha value is -2.43. The summed E-state index contributed by atoms with van der Waals surface area (Å²) in [5, 5.41) is 2.98. The number of anilines is 1. The molecule has 1 amide bonds. The molecule has 24 heavy (non-hydrogen) atoms. The molecule has 0 spiro atoms. The third kappa shape index (κ3) is 4.10. The van der Waals surface area contributed by atoms with E-state index in [-0.39, 0.29) is 18.1 Å². The summed E-state index contributed by atoms with van der Waals surface area (Å²) in [6.45, 7) is -2.84. The lowest BCUT2D eigenvalue weighted by molar-refractivity contribution is -0.115. The minimum absolute atomic E-state index is 0.0892. The van der Waals surface area contributed by atoms with E-state index >= 15 is 0 Å². The molecule has 0 bridgehead atoms. The Bertz CT molecular complexity index is 714. The Kier molecular flexibility index (Phi) is 5.08. The number of rotatable bonds is 5. The van der Waals surface area contributed by atoms with Gasteiger partial charge in [-0.3, -0.25) is 4.79 Å². The normalized spacial score (nSPS) is 13.5. The minimum atomic E-state index is -2.84. The maximum Gasteiger partial charge on any atom is 0.387 e. The predicted molar refractivity (Wildman–Crippen MR) is 88.5 cm³/mol. The van der Waals surface area contributed by atoms with Crippen molar-refractivity contribution in [3.63, 3.8) is 0 Å². The van der Waals surface area contributed by atoms with Crippen LogP contribution < -0.4 is 10.1 Å². The van der Waals surface area contributed by atoms with E-state index in [1.807, 2.05) is 12.1 Å². The van der Waals surface area contributed by atoms with Crippen molar-refractivity contribution in [2.24, 2.45) is 0 Å². The van der Waals surface area contributed by atoms with E-state index in [1.54, 1.807) is 12.1 Å². The van der Waals surface area contributed by atoms with Crippen LogP contribution >= 0.6 is 0 Å². The Morgan fingerprint density at radius 3 is 2.58 bits per heavy atom. The first-order chi connectivity index (χ1) is 11.6. The van der Waals surface area contributed by atoms with Gasteiger partial charge < -0.3 is 10.1 Å². The van der Waals surface area contributed by atoms with Crippen molar-refractivity contribution in [2.45, 2.75) is 38.7 Å². The smallest absolute Gasteiger partial charge is 0.387 e. The van der Waals surface area contributed by atoms with Gasteiger partial charge in [0.25, 0.3) is 0 Å². The van der Waals surface area contributed by atoms with Gasteiger partial charge in [-0.15, -0.1) is 0 Å². The summed E-state index contributed by atoms with van der Waals surface area (Å²) in [6.07, 6.45) is 4.58. The van der Waals surface area contributed by atoms with Crippen LogP contribution in [0.2, 0.25) is 0 Å². The lowest BCUT2D eigenvalue weighted by atomic mass is 9.90. The number of carbonyl (C=O) groups excluding carboxylic acids is 1. The molecule has 0 radical (unpaired) electrons. The van der Waals surface area contributed by atoms with E-state index in [4.69, 9.17) is 0 Å². The maximum absolute atomic E-state index is 12.3. The molecule has 0 unspecified atom stereocenters. The second-order valence-electron chi connectivity index (χ2n) is 5.90. The molecule has 0 aliphatic heterocycles. The summed E-state index contributed by atoms with van der Waals surface area (Å²) in [5.41, 5.74) is 4.18. The molecular formula is C19H19F2NO2. The van der Waals surface area contributed by atoms with Crippen molar-refractivity contribution >= 4 is 11.6 Å². The van der Waals surface area contributed by atoms with Gasteiger partial charge in [-0.25, -0.2) is 0 Å². The third-order valence-corrected chi connectivity index (χ3v) is 4.18. The molecule has 126 valence electrons. The van der Waals surface area contributed by atoms with Gasteiger partial charge in [-0.2, -0.15) is 8.78 Å². The molecule has 0 atom stereocenters. The zero-order valence-electron chi connectivity index (χ0n) is 13.2. The SMILES string of the molecule is O=C(Cc1ccc(OC(F)F)cc1)Nc1cccc2c1CCCC2. The van der Waals surface area contributed by atoms with Crippen LogP contribution in [-0.2, 0) is 24.1 Å². The zero-order chi connectivity index (χ0) is 16.9. The highest BCUT2D eigenvalue weighted by Crippen LogP contribution is 2.28. The van der Waals surface area contributed by atoms with Crippen molar-refractivity contribution in [1.82, 2.24) is 0 Å². The van der Waals surface area contributed by atoms with Gasteiger partial charge in [0.2, 0.25) is 5.91 Å². The average molecular weight is 331 g/mol. The monoisotopic (exact) mass is 331 g/mol. The molecule has 0 saturated heterocycles. The van der Waals surface area contributed by atoms with E-state index in [2.05, 4.69) is 16.1 Å². The highest BCUT2D eigenvalue weighted by Gasteiger charge is 2.14. The predicted octanol–water partition coefficient (Wildman–Crippen LogP) is 4.35. The molecule has 5 heteroatoms. The zero-order valence-corrected chi connectivity index (χ0v) is 13.2. The van der Waals surface area contributed by atoms with Crippen molar-refractivity contribution in [1.29, 1.82) is 0 Å². The number of amides is 1. The molecule has 1 aliphatic carbocycles. The van der Waals surface area contributed by atoms with Crippen LogP contribution in [-0.4, -0.2) is 12.5 Å². The molecule has 3 nitrogen and oxygen atoms in total. The van der Waals surface area contributed by atoms with Gasteiger partial charge in [-0.1, -0.05) is 24.3 Å².